The zero-order valence-corrected chi connectivity index (χ0v) is 14.2. The van der Waals surface area contributed by atoms with Gasteiger partial charge in [-0.05, 0) is 47.7 Å². The predicted molar refractivity (Wildman–Crippen MR) is 92.7 cm³/mol. The van der Waals surface area contributed by atoms with Crippen molar-refractivity contribution >= 4 is 16.8 Å². The summed E-state index contributed by atoms with van der Waals surface area (Å²) < 4.78 is 8.05. The Kier molecular flexibility index (Phi) is 5.31. The topological polar surface area (TPSA) is 77.8 Å². The lowest BCUT2D eigenvalue weighted by atomic mass is 9.79. The number of aliphatic hydroxyl groups excluding tert-OH is 2. The number of hydrogen-bond acceptors (Lipinski definition) is 4. The highest BCUT2D eigenvalue weighted by atomic mass is 35.5. The number of rotatable bonds is 6. The Bertz CT molecular complexity index is 767. The fourth-order valence-electron chi connectivity index (χ4n) is 2.85. The van der Waals surface area contributed by atoms with Gasteiger partial charge in [-0.1, -0.05) is 48.5 Å². The normalized spacial score (nSPS) is 18.2. The number of carbonyl (C=O) groups is 1. The Morgan fingerprint density at radius 1 is 1.12 bits per heavy atom. The maximum atomic E-state index is 11.6. The van der Waals surface area contributed by atoms with Gasteiger partial charge in [0, 0.05) is 1.37 Å². The summed E-state index contributed by atoms with van der Waals surface area (Å²) in [6.07, 6.45) is -5.21. The number of benzene rings is 2. The third kappa shape index (κ3) is 3.68. The first-order chi connectivity index (χ1) is 11.7. The van der Waals surface area contributed by atoms with Crippen LogP contribution >= 0.6 is 11.6 Å². The van der Waals surface area contributed by atoms with Gasteiger partial charge in [0.05, 0.1) is 6.40 Å². The van der Waals surface area contributed by atoms with Crippen LogP contribution in [0.2, 0.25) is 0 Å². The molecule has 0 spiro atoms. The molecule has 0 bridgehead atoms. The molecule has 0 aliphatic heterocycles. The SMILES string of the molecule is [2H][C@@H](C(=O)Cl)[C@@](O)(c1ccccc1C)[C@H](O)C(O)c1ccccc1C. The van der Waals surface area contributed by atoms with Crippen molar-refractivity contribution < 1.29 is 21.5 Å². The van der Waals surface area contributed by atoms with Gasteiger partial charge in [-0.3, -0.25) is 4.79 Å². The number of aryl methyl sites for hydroxylation is 2. The molecule has 2 aromatic carbocycles. The monoisotopic (exact) mass is 349 g/mol. The van der Waals surface area contributed by atoms with E-state index in [1.807, 2.05) is 0 Å². The van der Waals surface area contributed by atoms with Crippen molar-refractivity contribution in [2.24, 2.45) is 0 Å². The molecule has 0 aliphatic carbocycles. The molecule has 2 aromatic rings. The molecule has 4 nitrogen and oxygen atoms in total. The van der Waals surface area contributed by atoms with Gasteiger partial charge in [0.25, 0.3) is 0 Å². The summed E-state index contributed by atoms with van der Waals surface area (Å²) in [5, 5.41) is 31.5. The number of carbonyl (C=O) groups excluding carboxylic acids is 1. The van der Waals surface area contributed by atoms with Gasteiger partial charge < -0.3 is 15.3 Å². The van der Waals surface area contributed by atoms with E-state index in [0.717, 1.165) is 0 Å². The molecule has 4 atom stereocenters. The highest BCUT2D eigenvalue weighted by molar-refractivity contribution is 6.63. The van der Waals surface area contributed by atoms with Gasteiger partial charge in [0.2, 0.25) is 5.24 Å². The van der Waals surface area contributed by atoms with Crippen LogP contribution in [0.1, 0.15) is 36.1 Å². The Morgan fingerprint density at radius 3 is 2.21 bits per heavy atom. The van der Waals surface area contributed by atoms with E-state index in [0.29, 0.717) is 16.7 Å². The summed E-state index contributed by atoms with van der Waals surface area (Å²) in [7, 11) is 0. The van der Waals surface area contributed by atoms with Crippen molar-refractivity contribution in [3.63, 3.8) is 0 Å². The second-order valence-electron chi connectivity index (χ2n) is 5.83. The minimum Gasteiger partial charge on any atom is -0.387 e. The van der Waals surface area contributed by atoms with Crippen molar-refractivity contribution in [1.82, 2.24) is 0 Å². The molecule has 24 heavy (non-hydrogen) atoms. The molecule has 0 saturated heterocycles. The predicted octanol–water partition coefficient (Wildman–Crippen LogP) is 2.74. The molecule has 0 aromatic heterocycles. The lowest BCUT2D eigenvalue weighted by Gasteiger charge is -2.36. The molecule has 0 aliphatic rings. The van der Waals surface area contributed by atoms with Gasteiger partial charge in [-0.15, -0.1) is 0 Å². The lowest BCUT2D eigenvalue weighted by Crippen LogP contribution is -2.45. The second kappa shape index (κ2) is 7.45. The molecule has 2 rings (SSSR count). The largest absolute Gasteiger partial charge is 0.387 e. The maximum Gasteiger partial charge on any atom is 0.224 e. The third-order valence-corrected chi connectivity index (χ3v) is 4.28. The molecule has 0 radical (unpaired) electrons. The van der Waals surface area contributed by atoms with Crippen LogP contribution in [-0.2, 0) is 10.4 Å². The summed E-state index contributed by atoms with van der Waals surface area (Å²) in [4.78, 5) is 11.6. The van der Waals surface area contributed by atoms with E-state index >= 15 is 0 Å². The van der Waals surface area contributed by atoms with E-state index in [9.17, 15) is 20.1 Å². The zero-order valence-electron chi connectivity index (χ0n) is 14.5. The number of aliphatic hydroxyl groups is 3. The van der Waals surface area contributed by atoms with Gasteiger partial charge in [-0.2, -0.15) is 0 Å². The summed E-state index contributed by atoms with van der Waals surface area (Å²) in [5.41, 5.74) is -0.525. The Morgan fingerprint density at radius 2 is 1.67 bits per heavy atom. The zero-order chi connectivity index (χ0) is 18.8. The first-order valence-electron chi connectivity index (χ1n) is 8.10. The van der Waals surface area contributed by atoms with Crippen LogP contribution in [0.4, 0.5) is 0 Å². The molecule has 0 heterocycles. The average molecular weight is 350 g/mol. The molecule has 0 saturated carbocycles. The maximum absolute atomic E-state index is 11.6. The Balaban J connectivity index is 2.58. The molecular formula is C19H21ClO4. The van der Waals surface area contributed by atoms with Crippen LogP contribution in [0, 0.1) is 13.8 Å². The molecule has 3 N–H and O–H groups in total. The quantitative estimate of drug-likeness (QED) is 0.701. The number of hydrogen-bond donors (Lipinski definition) is 3. The minimum absolute atomic E-state index is 0.170. The van der Waals surface area contributed by atoms with Crippen molar-refractivity contribution in [3.05, 3.63) is 70.8 Å². The van der Waals surface area contributed by atoms with Gasteiger partial charge in [0.1, 0.15) is 17.8 Å². The summed E-state index contributed by atoms with van der Waals surface area (Å²) in [6, 6.07) is 13.4. The van der Waals surface area contributed by atoms with E-state index in [2.05, 4.69) is 0 Å². The molecule has 0 fully saturated rings. The molecular weight excluding hydrogens is 328 g/mol. The second-order valence-corrected chi connectivity index (χ2v) is 6.21. The van der Waals surface area contributed by atoms with Crippen molar-refractivity contribution in [2.75, 3.05) is 0 Å². The molecule has 5 heteroatoms. The minimum atomic E-state index is -2.37. The van der Waals surface area contributed by atoms with E-state index in [4.69, 9.17) is 13.0 Å². The lowest BCUT2D eigenvalue weighted by molar-refractivity contribution is -0.146. The van der Waals surface area contributed by atoms with Gasteiger partial charge >= 0.3 is 0 Å². The highest BCUT2D eigenvalue weighted by Gasteiger charge is 2.44. The van der Waals surface area contributed by atoms with E-state index in [1.165, 1.54) is 6.07 Å². The van der Waals surface area contributed by atoms with Crippen LogP contribution in [0.15, 0.2) is 48.5 Å². The van der Waals surface area contributed by atoms with Crippen LogP contribution in [0.3, 0.4) is 0 Å². The van der Waals surface area contributed by atoms with Gasteiger partial charge in [0.15, 0.2) is 0 Å². The molecule has 0 amide bonds. The van der Waals surface area contributed by atoms with Crippen molar-refractivity contribution in [2.45, 2.75) is 38.1 Å². The molecule has 128 valence electrons. The fourth-order valence-corrected chi connectivity index (χ4v) is 3.01. The Hall–Kier alpha value is -1.72. The average Bonchev–Trinajstić information content (AvgIpc) is 2.60. The van der Waals surface area contributed by atoms with Crippen molar-refractivity contribution in [3.8, 4) is 0 Å². The highest BCUT2D eigenvalue weighted by Crippen LogP contribution is 2.38. The third-order valence-electron chi connectivity index (χ3n) is 4.17. The van der Waals surface area contributed by atoms with Crippen LogP contribution in [0.25, 0.3) is 0 Å². The number of halogens is 1. The summed E-state index contributed by atoms with van der Waals surface area (Å²) >= 11 is 5.46. The van der Waals surface area contributed by atoms with Crippen LogP contribution < -0.4 is 0 Å². The summed E-state index contributed by atoms with van der Waals surface area (Å²) in [5.74, 6) is 0. The van der Waals surface area contributed by atoms with Crippen LogP contribution in [-0.4, -0.2) is 26.7 Å². The van der Waals surface area contributed by atoms with Crippen molar-refractivity contribution in [1.29, 1.82) is 0 Å². The van der Waals surface area contributed by atoms with E-state index in [1.54, 1.807) is 56.3 Å². The summed E-state index contributed by atoms with van der Waals surface area (Å²) in [6.45, 7) is 3.43. The molecule has 1 unspecified atom stereocenters. The Labute approximate surface area is 147 Å². The standard InChI is InChI=1S/C19H21ClO4/c1-12-7-3-5-9-14(12)17(22)18(23)19(24,11-16(20)21)15-10-6-4-8-13(15)2/h3-10,17-18,22-24H,11H2,1-2H3/t17?,18-,19-/m1/s1/i11D/t11-,17?,18+,19+/m0. The van der Waals surface area contributed by atoms with Gasteiger partial charge in [-0.25, -0.2) is 0 Å². The first-order valence-corrected chi connectivity index (χ1v) is 7.90. The fraction of sp³-hybridized carbons (Fsp3) is 0.316. The van der Waals surface area contributed by atoms with E-state index in [-0.39, 0.29) is 5.56 Å². The first kappa shape index (κ1) is 17.1. The van der Waals surface area contributed by atoms with E-state index < -0.39 is 29.4 Å². The smallest absolute Gasteiger partial charge is 0.224 e. The van der Waals surface area contributed by atoms with Crippen LogP contribution in [0.5, 0.6) is 0 Å².